The van der Waals surface area contributed by atoms with Crippen molar-refractivity contribution >= 4 is 5.91 Å². The van der Waals surface area contributed by atoms with Crippen molar-refractivity contribution in [1.82, 2.24) is 5.32 Å². The first-order valence-corrected chi connectivity index (χ1v) is 35.7. The normalized spacial score (nSPS) is 23.7. The van der Waals surface area contributed by atoms with E-state index in [9.17, 15) is 45.6 Å². The third kappa shape index (κ3) is 40.5. The molecule has 14 nitrogen and oxygen atoms in total. The SMILES string of the molecule is CCCCCCC/C=C\C/C=C\CCCCCCCCCCCC(=O)NC(COC1OC(CO)C(OC2OC(CO)C(O)C(O)C2O)C(O)C1O)C(O)/C=C/CCCCCCCCCCCCCCCCCCCCCCCCCCCCCC. The Kier molecular flexibility index (Phi) is 52.4. The standard InChI is InChI=1S/C71H133NO13/c1-3-5-7-9-11-13-15-17-19-21-23-25-26-27-28-29-30-31-32-33-35-36-38-40-42-44-46-48-50-52-54-60(75)59(58-82-70-68(81)66(79)69(62(57-74)84-70)85-71-67(80)65(78)64(77)61(56-73)83-71)72-63(76)55-53-51-49-47-45-43-41-39-37-34-24-22-20-18-16-14-12-10-8-6-4-2/h16,18,22,24,52,54,59-62,64-71,73-75,77-81H,3-15,17,19-21,23,25-51,53,55-58H2,1-2H3,(H,72,76)/b18-16-,24-22-,54-52+. The summed E-state index contributed by atoms with van der Waals surface area (Å²) >= 11 is 0. The molecule has 2 heterocycles. The largest absolute Gasteiger partial charge is 0.394 e. The molecule has 0 aromatic carbocycles. The zero-order valence-corrected chi connectivity index (χ0v) is 54.4. The van der Waals surface area contributed by atoms with Crippen LogP contribution in [0.4, 0.5) is 0 Å². The molecule has 2 fully saturated rings. The Balaban J connectivity index is 1.67. The van der Waals surface area contributed by atoms with E-state index < -0.39 is 86.8 Å². The van der Waals surface area contributed by atoms with Crippen LogP contribution in [0.2, 0.25) is 0 Å². The Morgan fingerprint density at radius 2 is 0.776 bits per heavy atom. The van der Waals surface area contributed by atoms with Gasteiger partial charge in [0.05, 0.1) is 32.0 Å². The van der Waals surface area contributed by atoms with Crippen LogP contribution in [0.25, 0.3) is 0 Å². The Morgan fingerprint density at radius 1 is 0.424 bits per heavy atom. The number of allylic oxidation sites excluding steroid dienone is 5. The van der Waals surface area contributed by atoms with Crippen LogP contribution in [0.5, 0.6) is 0 Å². The molecule has 1 amide bonds. The van der Waals surface area contributed by atoms with Crippen LogP contribution in [-0.4, -0.2) is 140 Å². The number of hydrogen-bond acceptors (Lipinski definition) is 13. The predicted molar refractivity (Wildman–Crippen MR) is 346 cm³/mol. The number of carbonyl (C=O) groups is 1. The Hall–Kier alpha value is -1.79. The summed E-state index contributed by atoms with van der Waals surface area (Å²) in [6, 6.07) is -0.918. The van der Waals surface area contributed by atoms with Crippen LogP contribution in [0.3, 0.4) is 0 Å². The average Bonchev–Trinajstić information content (AvgIpc) is 3.69. The van der Waals surface area contributed by atoms with E-state index in [4.69, 9.17) is 18.9 Å². The van der Waals surface area contributed by atoms with Gasteiger partial charge in [-0.15, -0.1) is 0 Å². The van der Waals surface area contributed by atoms with Crippen LogP contribution in [-0.2, 0) is 23.7 Å². The van der Waals surface area contributed by atoms with Gasteiger partial charge in [0, 0.05) is 6.42 Å². The predicted octanol–water partition coefficient (Wildman–Crippen LogP) is 14.5. The van der Waals surface area contributed by atoms with Crippen molar-refractivity contribution in [3.63, 3.8) is 0 Å². The molecule has 9 N–H and O–H groups in total. The van der Waals surface area contributed by atoms with Crippen molar-refractivity contribution < 1.29 is 64.6 Å². The highest BCUT2D eigenvalue weighted by molar-refractivity contribution is 5.76. The summed E-state index contributed by atoms with van der Waals surface area (Å²) in [5, 5.41) is 87.4. The first kappa shape index (κ1) is 79.3. The fourth-order valence-corrected chi connectivity index (χ4v) is 11.9. The molecular weight excluding hydrogens is 1070 g/mol. The van der Waals surface area contributed by atoms with E-state index in [1.54, 1.807) is 6.08 Å². The minimum Gasteiger partial charge on any atom is -0.394 e. The van der Waals surface area contributed by atoms with E-state index in [-0.39, 0.29) is 18.9 Å². The zero-order valence-electron chi connectivity index (χ0n) is 54.4. The van der Waals surface area contributed by atoms with Gasteiger partial charge in [-0.2, -0.15) is 0 Å². The molecule has 2 aliphatic rings. The third-order valence-electron chi connectivity index (χ3n) is 17.6. The lowest BCUT2D eigenvalue weighted by Gasteiger charge is -2.46. The third-order valence-corrected chi connectivity index (χ3v) is 17.6. The molecule has 14 heteroatoms. The van der Waals surface area contributed by atoms with E-state index in [1.165, 1.54) is 238 Å². The fraction of sp³-hybridized carbons (Fsp3) is 0.901. The number of amides is 1. The first-order chi connectivity index (χ1) is 41.6. The molecule has 0 spiro atoms. The lowest BCUT2D eigenvalue weighted by molar-refractivity contribution is -0.359. The molecular formula is C71H133NO13. The van der Waals surface area contributed by atoms with Gasteiger partial charge in [0.1, 0.15) is 48.8 Å². The number of ether oxygens (including phenoxy) is 4. The van der Waals surface area contributed by atoms with Crippen molar-refractivity contribution in [1.29, 1.82) is 0 Å². The quantitative estimate of drug-likeness (QED) is 0.0204. The molecule has 0 aromatic heterocycles. The minimum absolute atomic E-state index is 0.240. The van der Waals surface area contributed by atoms with Gasteiger partial charge in [-0.3, -0.25) is 4.79 Å². The molecule has 2 saturated heterocycles. The number of nitrogens with one attached hydrogen (secondary N) is 1. The van der Waals surface area contributed by atoms with Gasteiger partial charge in [-0.25, -0.2) is 0 Å². The van der Waals surface area contributed by atoms with Crippen molar-refractivity contribution in [3.8, 4) is 0 Å². The van der Waals surface area contributed by atoms with Crippen LogP contribution in [0.15, 0.2) is 36.5 Å². The Morgan fingerprint density at radius 3 is 1.18 bits per heavy atom. The summed E-state index contributed by atoms with van der Waals surface area (Å²) in [6.45, 7) is 2.83. The summed E-state index contributed by atoms with van der Waals surface area (Å²) in [6.07, 6.45) is 54.9. The van der Waals surface area contributed by atoms with Crippen LogP contribution in [0.1, 0.15) is 316 Å². The van der Waals surface area contributed by atoms with Crippen LogP contribution in [0, 0.1) is 0 Å². The summed E-state index contributed by atoms with van der Waals surface area (Å²) < 4.78 is 22.9. The topological polar surface area (TPSA) is 228 Å². The number of carbonyl (C=O) groups excluding carboxylic acids is 1. The molecule has 12 unspecified atom stereocenters. The lowest BCUT2D eigenvalue weighted by atomic mass is 9.97. The average molecular weight is 1210 g/mol. The number of unbranched alkanes of at least 4 members (excludes halogenated alkanes) is 42. The Labute approximate surface area is 519 Å². The second kappa shape index (κ2) is 56.2. The summed E-state index contributed by atoms with van der Waals surface area (Å²) in [5.41, 5.74) is 0. The van der Waals surface area contributed by atoms with Gasteiger partial charge >= 0.3 is 0 Å². The monoisotopic (exact) mass is 1210 g/mol. The van der Waals surface area contributed by atoms with Crippen molar-refractivity contribution in [2.75, 3.05) is 19.8 Å². The molecule has 0 bridgehead atoms. The van der Waals surface area contributed by atoms with Gasteiger partial charge < -0.3 is 65.1 Å². The maximum absolute atomic E-state index is 13.3. The molecule has 0 saturated carbocycles. The summed E-state index contributed by atoms with van der Waals surface area (Å²) in [7, 11) is 0. The van der Waals surface area contributed by atoms with Crippen molar-refractivity contribution in [2.45, 2.75) is 389 Å². The van der Waals surface area contributed by atoms with E-state index in [1.807, 2.05) is 6.08 Å². The second-order valence-electron chi connectivity index (χ2n) is 25.4. The number of hydrogen-bond donors (Lipinski definition) is 9. The van der Waals surface area contributed by atoms with Crippen LogP contribution >= 0.6 is 0 Å². The number of aliphatic hydroxyl groups is 8. The lowest BCUT2D eigenvalue weighted by Crippen LogP contribution is -2.65. The highest BCUT2D eigenvalue weighted by Crippen LogP contribution is 2.30. The molecule has 0 aromatic rings. The van der Waals surface area contributed by atoms with Gasteiger partial charge in [0.25, 0.3) is 0 Å². The van der Waals surface area contributed by atoms with E-state index in [0.29, 0.717) is 6.42 Å². The van der Waals surface area contributed by atoms with Crippen LogP contribution < -0.4 is 5.32 Å². The van der Waals surface area contributed by atoms with Gasteiger partial charge in [0.15, 0.2) is 12.6 Å². The maximum atomic E-state index is 13.3. The van der Waals surface area contributed by atoms with Gasteiger partial charge in [-0.1, -0.05) is 294 Å². The number of aliphatic hydroxyl groups excluding tert-OH is 8. The molecule has 2 rings (SSSR count). The molecule has 12 atom stereocenters. The van der Waals surface area contributed by atoms with E-state index in [2.05, 4.69) is 43.5 Å². The molecule has 0 radical (unpaired) electrons. The summed E-state index contributed by atoms with van der Waals surface area (Å²) in [4.78, 5) is 13.3. The van der Waals surface area contributed by atoms with Crippen molar-refractivity contribution in [2.24, 2.45) is 0 Å². The zero-order chi connectivity index (χ0) is 61.6. The molecule has 85 heavy (non-hydrogen) atoms. The highest BCUT2D eigenvalue weighted by atomic mass is 16.7. The van der Waals surface area contributed by atoms with Gasteiger partial charge in [-0.05, 0) is 51.4 Å². The number of rotatable bonds is 59. The van der Waals surface area contributed by atoms with E-state index in [0.717, 1.165) is 51.4 Å². The molecule has 500 valence electrons. The van der Waals surface area contributed by atoms with E-state index >= 15 is 0 Å². The van der Waals surface area contributed by atoms with Crippen molar-refractivity contribution in [3.05, 3.63) is 36.5 Å². The minimum atomic E-state index is -1.79. The smallest absolute Gasteiger partial charge is 0.220 e. The fourth-order valence-electron chi connectivity index (χ4n) is 11.9. The molecule has 2 aliphatic heterocycles. The second-order valence-corrected chi connectivity index (χ2v) is 25.4. The maximum Gasteiger partial charge on any atom is 0.220 e. The van der Waals surface area contributed by atoms with Gasteiger partial charge in [0.2, 0.25) is 5.91 Å². The Bertz CT molecular complexity index is 1560. The first-order valence-electron chi connectivity index (χ1n) is 35.7. The summed E-state index contributed by atoms with van der Waals surface area (Å²) in [5.74, 6) is -0.240. The molecule has 0 aliphatic carbocycles. The highest BCUT2D eigenvalue weighted by Gasteiger charge is 2.51.